The zero-order chi connectivity index (χ0) is 10.6. The fourth-order valence-corrected chi connectivity index (χ4v) is 1.32. The predicted octanol–water partition coefficient (Wildman–Crippen LogP) is 0.980. The van der Waals surface area contributed by atoms with Crippen LogP contribution in [0.3, 0.4) is 0 Å². The lowest BCUT2D eigenvalue weighted by Crippen LogP contribution is -2.28. The first-order valence-electron chi connectivity index (χ1n) is 4.92. The summed E-state index contributed by atoms with van der Waals surface area (Å²) in [7, 11) is 1.66. The average molecular weight is 197 g/mol. The molecule has 14 heavy (non-hydrogen) atoms. The first-order valence-corrected chi connectivity index (χ1v) is 4.92. The maximum absolute atomic E-state index is 5.83. The summed E-state index contributed by atoms with van der Waals surface area (Å²) in [6.07, 6.45) is 2.76. The van der Waals surface area contributed by atoms with Crippen LogP contribution in [-0.4, -0.2) is 29.5 Å². The Morgan fingerprint density at radius 3 is 2.79 bits per heavy atom. The van der Waals surface area contributed by atoms with Gasteiger partial charge in [0.05, 0.1) is 12.3 Å². The highest BCUT2D eigenvalue weighted by molar-refractivity contribution is 5.01. The van der Waals surface area contributed by atoms with Gasteiger partial charge in [0.2, 0.25) is 0 Å². The van der Waals surface area contributed by atoms with Gasteiger partial charge in [-0.2, -0.15) is 5.10 Å². The molecule has 2 N–H and O–H groups in total. The second-order valence-electron chi connectivity index (χ2n) is 3.80. The SMILES string of the molecule is COCC(N)Cc1ccn(C(C)C)n1. The molecule has 0 radical (unpaired) electrons. The fraction of sp³-hybridized carbons (Fsp3) is 0.700. The molecule has 0 aliphatic heterocycles. The van der Waals surface area contributed by atoms with Gasteiger partial charge in [0, 0.05) is 31.8 Å². The van der Waals surface area contributed by atoms with E-state index in [9.17, 15) is 0 Å². The first kappa shape index (κ1) is 11.2. The summed E-state index contributed by atoms with van der Waals surface area (Å²) in [4.78, 5) is 0. The number of methoxy groups -OCH3 is 1. The minimum absolute atomic E-state index is 0.0375. The van der Waals surface area contributed by atoms with E-state index in [1.807, 2.05) is 16.9 Å². The molecule has 0 bridgehead atoms. The van der Waals surface area contributed by atoms with Gasteiger partial charge in [0.1, 0.15) is 0 Å². The van der Waals surface area contributed by atoms with Crippen molar-refractivity contribution in [3.8, 4) is 0 Å². The summed E-state index contributed by atoms with van der Waals surface area (Å²) in [6, 6.07) is 2.45. The average Bonchev–Trinajstić information content (AvgIpc) is 2.53. The fourth-order valence-electron chi connectivity index (χ4n) is 1.32. The van der Waals surface area contributed by atoms with E-state index in [1.165, 1.54) is 0 Å². The Balaban J connectivity index is 2.51. The lowest BCUT2D eigenvalue weighted by Gasteiger charge is -2.08. The Bertz CT molecular complexity index is 270. The van der Waals surface area contributed by atoms with Crippen LogP contribution in [0.2, 0.25) is 0 Å². The van der Waals surface area contributed by atoms with E-state index >= 15 is 0 Å². The van der Waals surface area contributed by atoms with Gasteiger partial charge in [-0.15, -0.1) is 0 Å². The van der Waals surface area contributed by atoms with Crippen LogP contribution in [0.15, 0.2) is 12.3 Å². The van der Waals surface area contributed by atoms with Gasteiger partial charge in [-0.25, -0.2) is 0 Å². The van der Waals surface area contributed by atoms with E-state index in [1.54, 1.807) is 7.11 Å². The zero-order valence-electron chi connectivity index (χ0n) is 9.10. The summed E-state index contributed by atoms with van der Waals surface area (Å²) in [5.74, 6) is 0. The molecule has 1 unspecified atom stereocenters. The molecule has 80 valence electrons. The van der Waals surface area contributed by atoms with Gasteiger partial charge >= 0.3 is 0 Å². The maximum atomic E-state index is 5.83. The Morgan fingerprint density at radius 2 is 2.29 bits per heavy atom. The summed E-state index contributed by atoms with van der Waals surface area (Å²) in [5, 5.41) is 4.41. The Hall–Kier alpha value is -0.870. The number of hydrogen-bond donors (Lipinski definition) is 1. The molecule has 4 nitrogen and oxygen atoms in total. The Kier molecular flexibility index (Phi) is 4.10. The van der Waals surface area contributed by atoms with Crippen LogP contribution in [-0.2, 0) is 11.2 Å². The number of nitrogens with zero attached hydrogens (tertiary/aromatic N) is 2. The summed E-state index contributed by atoms with van der Waals surface area (Å²) < 4.78 is 6.91. The van der Waals surface area contributed by atoms with E-state index in [2.05, 4.69) is 18.9 Å². The predicted molar refractivity (Wildman–Crippen MR) is 56.2 cm³/mol. The monoisotopic (exact) mass is 197 g/mol. The van der Waals surface area contributed by atoms with Gasteiger partial charge < -0.3 is 10.5 Å². The van der Waals surface area contributed by atoms with Crippen LogP contribution in [0.1, 0.15) is 25.6 Å². The molecular formula is C10H19N3O. The largest absolute Gasteiger partial charge is 0.383 e. The highest BCUT2D eigenvalue weighted by atomic mass is 16.5. The van der Waals surface area contributed by atoms with Crippen molar-refractivity contribution in [1.82, 2.24) is 9.78 Å². The highest BCUT2D eigenvalue weighted by Gasteiger charge is 2.07. The van der Waals surface area contributed by atoms with Gasteiger partial charge in [-0.05, 0) is 19.9 Å². The lowest BCUT2D eigenvalue weighted by atomic mass is 10.2. The summed E-state index contributed by atoms with van der Waals surface area (Å²) in [6.45, 7) is 4.78. The number of ether oxygens (including phenoxy) is 1. The third-order valence-corrected chi connectivity index (χ3v) is 2.04. The zero-order valence-corrected chi connectivity index (χ0v) is 9.10. The number of hydrogen-bond acceptors (Lipinski definition) is 3. The van der Waals surface area contributed by atoms with Crippen LogP contribution in [0.25, 0.3) is 0 Å². The normalized spacial score (nSPS) is 13.5. The Morgan fingerprint density at radius 1 is 1.57 bits per heavy atom. The van der Waals surface area contributed by atoms with Gasteiger partial charge in [0.15, 0.2) is 0 Å². The van der Waals surface area contributed by atoms with Crippen molar-refractivity contribution in [1.29, 1.82) is 0 Å². The van der Waals surface area contributed by atoms with Crippen LogP contribution >= 0.6 is 0 Å². The summed E-state index contributed by atoms with van der Waals surface area (Å²) >= 11 is 0. The maximum Gasteiger partial charge on any atom is 0.0641 e. The number of nitrogens with two attached hydrogens (primary N) is 1. The molecular weight excluding hydrogens is 178 g/mol. The van der Waals surface area contributed by atoms with Crippen LogP contribution in [0.4, 0.5) is 0 Å². The van der Waals surface area contributed by atoms with E-state index < -0.39 is 0 Å². The van der Waals surface area contributed by atoms with E-state index in [0.717, 1.165) is 12.1 Å². The van der Waals surface area contributed by atoms with Crippen molar-refractivity contribution in [3.05, 3.63) is 18.0 Å². The first-order chi connectivity index (χ1) is 6.63. The number of rotatable bonds is 5. The smallest absolute Gasteiger partial charge is 0.0641 e. The highest BCUT2D eigenvalue weighted by Crippen LogP contribution is 2.05. The molecule has 0 amide bonds. The summed E-state index contributed by atoms with van der Waals surface area (Å²) in [5.41, 5.74) is 6.86. The van der Waals surface area contributed by atoms with E-state index in [-0.39, 0.29) is 6.04 Å². The molecule has 0 aromatic carbocycles. The molecule has 1 aromatic heterocycles. The molecule has 4 heteroatoms. The molecule has 1 heterocycles. The van der Waals surface area contributed by atoms with Crippen molar-refractivity contribution >= 4 is 0 Å². The van der Waals surface area contributed by atoms with Crippen molar-refractivity contribution in [3.63, 3.8) is 0 Å². The molecule has 1 aromatic rings. The molecule has 0 fully saturated rings. The van der Waals surface area contributed by atoms with Crippen molar-refractivity contribution in [2.45, 2.75) is 32.4 Å². The van der Waals surface area contributed by atoms with E-state index in [4.69, 9.17) is 10.5 Å². The molecule has 0 saturated carbocycles. The van der Waals surface area contributed by atoms with Crippen molar-refractivity contribution < 1.29 is 4.74 Å². The van der Waals surface area contributed by atoms with Crippen LogP contribution in [0.5, 0.6) is 0 Å². The third kappa shape index (κ3) is 3.12. The van der Waals surface area contributed by atoms with Crippen molar-refractivity contribution in [2.75, 3.05) is 13.7 Å². The van der Waals surface area contributed by atoms with Gasteiger partial charge in [0.25, 0.3) is 0 Å². The number of aromatic nitrogens is 2. The quantitative estimate of drug-likeness (QED) is 0.765. The van der Waals surface area contributed by atoms with Crippen LogP contribution in [0, 0.1) is 0 Å². The molecule has 1 rings (SSSR count). The van der Waals surface area contributed by atoms with Gasteiger partial charge in [-0.3, -0.25) is 4.68 Å². The minimum Gasteiger partial charge on any atom is -0.383 e. The topological polar surface area (TPSA) is 53.1 Å². The van der Waals surface area contributed by atoms with Crippen molar-refractivity contribution in [2.24, 2.45) is 5.73 Å². The minimum atomic E-state index is 0.0375. The third-order valence-electron chi connectivity index (χ3n) is 2.04. The molecule has 0 aliphatic carbocycles. The van der Waals surface area contributed by atoms with Crippen LogP contribution < -0.4 is 5.73 Å². The standard InChI is InChI=1S/C10H19N3O/c1-8(2)13-5-4-10(12-13)6-9(11)7-14-3/h4-5,8-9H,6-7,11H2,1-3H3. The molecule has 0 saturated heterocycles. The molecule has 0 aliphatic rings. The van der Waals surface area contributed by atoms with E-state index in [0.29, 0.717) is 12.6 Å². The second kappa shape index (κ2) is 5.12. The lowest BCUT2D eigenvalue weighted by molar-refractivity contribution is 0.179. The van der Waals surface area contributed by atoms with Gasteiger partial charge in [-0.1, -0.05) is 0 Å². The Labute approximate surface area is 85.0 Å². The molecule has 0 spiro atoms. The second-order valence-corrected chi connectivity index (χ2v) is 3.80. The molecule has 1 atom stereocenters.